The Hall–Kier alpha value is -10.5. The predicted octanol–water partition coefficient (Wildman–Crippen LogP) is 5.20. The Morgan fingerprint density at radius 3 is 1.13 bits per heavy atom. The molecule has 2 amide bonds. The third kappa shape index (κ3) is 16.7. The molecule has 8 aromatic rings. The van der Waals surface area contributed by atoms with Crippen LogP contribution in [0.1, 0.15) is 78.6 Å². The Morgan fingerprint density at radius 2 is 0.786 bits per heavy atom. The van der Waals surface area contributed by atoms with E-state index < -0.39 is 121 Å². The van der Waals surface area contributed by atoms with Gasteiger partial charge in [0.2, 0.25) is 24.4 Å². The number of ether oxygens (including phenoxy) is 7. The molecule has 4 heterocycles. The van der Waals surface area contributed by atoms with Gasteiger partial charge in [-0.1, -0.05) is 219 Å². The number of aliphatic hydroxyl groups is 8. The summed E-state index contributed by atoms with van der Waals surface area (Å²) in [4.78, 5) is 85.3. The molecule has 0 radical (unpaired) electrons. The number of aliphatic carboxylic acids is 1. The zero-order chi connectivity index (χ0) is 72.8. The predicted molar refractivity (Wildman–Crippen MR) is 366 cm³/mol. The van der Waals surface area contributed by atoms with Gasteiger partial charge in [0.15, 0.2) is 12.2 Å². The zero-order valence-corrected chi connectivity index (χ0v) is 55.6. The molecule has 8 aromatic carbocycles. The number of hydrogen-bond donors (Lipinski definition) is 9. The van der Waals surface area contributed by atoms with Crippen molar-refractivity contribution in [1.82, 2.24) is 9.80 Å². The van der Waals surface area contributed by atoms with Crippen molar-refractivity contribution in [3.8, 4) is 11.5 Å². The van der Waals surface area contributed by atoms with Crippen LogP contribution in [-0.4, -0.2) is 172 Å². The SMILES string of the molecule is C=CCOC(=O)[C@H]1O[C@@H](OC(=O)C2Cc3c(ccc(CO)c3OCc3ccccc3)CN2C(=O)C(c2ccccc2)c2ccccc2)[C@H](O)[C@@H](O)[C@@H]1O.O=C(O[C@@H]1O[C@H](C(=O)O)[C@@H](O)[C@H](O)[C@H]1O)C1Cc2c(ccc(CO)c2OCc2ccccc2)CN1C(=O)C(c1ccccc1)c1ccccc1. The number of rotatable bonds is 22. The molecule has 2 unspecified atom stereocenters. The molecule has 0 spiro atoms. The highest BCUT2D eigenvalue weighted by Crippen LogP contribution is 2.41. The minimum Gasteiger partial charge on any atom is -0.488 e. The quantitative estimate of drug-likeness (QED) is 0.0239. The van der Waals surface area contributed by atoms with Gasteiger partial charge in [-0.05, 0) is 44.5 Å². The van der Waals surface area contributed by atoms with Gasteiger partial charge in [0.25, 0.3) is 0 Å². The summed E-state index contributed by atoms with van der Waals surface area (Å²) < 4.78 is 39.5. The summed E-state index contributed by atoms with van der Waals surface area (Å²) in [5.74, 6) is -6.57. The van der Waals surface area contributed by atoms with E-state index in [2.05, 4.69) is 6.58 Å². The zero-order valence-electron chi connectivity index (χ0n) is 55.6. The first-order valence-corrected chi connectivity index (χ1v) is 33.3. The molecule has 2 saturated heterocycles. The van der Waals surface area contributed by atoms with Crippen LogP contribution in [0.5, 0.6) is 11.5 Å². The minimum atomic E-state index is -2.00. The Bertz CT molecular complexity index is 4160. The lowest BCUT2D eigenvalue weighted by molar-refractivity contribution is -0.288. The molecule has 0 saturated carbocycles. The number of aliphatic hydroxyl groups excluding tert-OH is 8. The van der Waals surface area contributed by atoms with Crippen LogP contribution in [0.3, 0.4) is 0 Å². The standard InChI is InChI=1S/C41H41NO11.C38H37NO11/c1-2-20-50-40(49)37-34(45)33(44)35(46)41(52-37)53-39(48)31-21-30-28(18-19-29(23-43)36(30)51-24-25-12-6-3-7-13-25)22-42(31)38(47)32(26-14-8-4-9-15-26)27-16-10-5-11-17-27;40-20-26-17-16-25-19-39(35(44)29(23-12-6-2-7-13-23)24-14-8-3-9-15-24)28(18-27(25)33(26)48-21-22-10-4-1-5-11-22)37(47)50-38-32(43)30(41)31(42)34(49-38)36(45)46/h2-19,31-35,37,41,43-46H,1,20-24H2;1-17,28-32,34,38,40-43H,18-21H2,(H,45,46)/t31?,33-,34-,35+,37-,41-;28?,30-,31-,32+,34-,38-/m00/s1. The summed E-state index contributed by atoms with van der Waals surface area (Å²) >= 11 is 0. The second-order valence-electron chi connectivity index (χ2n) is 25.1. The maximum absolute atomic E-state index is 14.9. The normalized spacial score (nSPS) is 22.8. The molecular formula is C79H78N2O22. The number of esters is 3. The van der Waals surface area contributed by atoms with Gasteiger partial charge in [-0.15, -0.1) is 0 Å². The molecule has 0 aliphatic carbocycles. The molecule has 4 aliphatic rings. The fourth-order valence-electron chi connectivity index (χ4n) is 13.1. The molecule has 12 rings (SSSR count). The fraction of sp³-hybridized carbons (Fsp3) is 0.291. The topological polar surface area (TPSA) is 356 Å². The molecular weight excluding hydrogens is 1330 g/mol. The lowest BCUT2D eigenvalue weighted by Gasteiger charge is -2.41. The summed E-state index contributed by atoms with van der Waals surface area (Å²) in [5.41, 5.74) is 7.88. The number of carboxylic acids is 1. The summed E-state index contributed by atoms with van der Waals surface area (Å²) in [7, 11) is 0. The van der Waals surface area contributed by atoms with Crippen molar-refractivity contribution >= 4 is 35.7 Å². The Balaban J connectivity index is 0.000000207. The molecule has 24 heteroatoms. The second kappa shape index (κ2) is 34.0. The average molecular weight is 1410 g/mol. The number of carbonyl (C=O) groups is 6. The number of amides is 2. The first-order chi connectivity index (χ1) is 49.9. The van der Waals surface area contributed by atoms with E-state index in [9.17, 15) is 74.7 Å². The number of hydrogen-bond acceptors (Lipinski definition) is 21. The Labute approximate surface area is 592 Å². The average Bonchev–Trinajstić information content (AvgIpc) is 0.764. The molecule has 536 valence electrons. The molecule has 24 nitrogen and oxygen atoms in total. The maximum atomic E-state index is 14.9. The minimum absolute atomic E-state index is 0.0522. The summed E-state index contributed by atoms with van der Waals surface area (Å²) in [6.45, 7) is 2.73. The van der Waals surface area contributed by atoms with Crippen LogP contribution in [0.15, 0.2) is 219 Å². The van der Waals surface area contributed by atoms with Crippen LogP contribution in [0.2, 0.25) is 0 Å². The molecule has 0 bridgehead atoms. The van der Waals surface area contributed by atoms with Crippen LogP contribution in [0.4, 0.5) is 0 Å². The number of fused-ring (bicyclic) bond motifs is 2. The highest BCUT2D eigenvalue weighted by Gasteiger charge is 2.53. The van der Waals surface area contributed by atoms with E-state index in [1.165, 1.54) is 15.9 Å². The number of benzene rings is 8. The van der Waals surface area contributed by atoms with Crippen molar-refractivity contribution in [3.63, 3.8) is 0 Å². The lowest BCUT2D eigenvalue weighted by atomic mass is 9.86. The summed E-state index contributed by atoms with van der Waals surface area (Å²) in [5, 5.41) is 93.2. The third-order valence-electron chi connectivity index (χ3n) is 18.5. The van der Waals surface area contributed by atoms with Crippen LogP contribution < -0.4 is 9.47 Å². The van der Waals surface area contributed by atoms with Crippen molar-refractivity contribution in [2.75, 3.05) is 6.61 Å². The second-order valence-corrected chi connectivity index (χ2v) is 25.1. The Morgan fingerprint density at radius 1 is 0.447 bits per heavy atom. The van der Waals surface area contributed by atoms with Crippen molar-refractivity contribution in [2.45, 2.75) is 138 Å². The molecule has 103 heavy (non-hydrogen) atoms. The van der Waals surface area contributed by atoms with Crippen LogP contribution >= 0.6 is 0 Å². The maximum Gasteiger partial charge on any atom is 0.338 e. The van der Waals surface area contributed by atoms with Crippen molar-refractivity contribution < 1.29 is 108 Å². The summed E-state index contributed by atoms with van der Waals surface area (Å²) in [6.07, 6.45) is -18.4. The van der Waals surface area contributed by atoms with Gasteiger partial charge in [0, 0.05) is 48.2 Å². The summed E-state index contributed by atoms with van der Waals surface area (Å²) in [6, 6.07) is 59.5. The van der Waals surface area contributed by atoms with E-state index in [0.717, 1.165) is 11.1 Å². The third-order valence-corrected chi connectivity index (χ3v) is 18.5. The van der Waals surface area contributed by atoms with Gasteiger partial charge in [0.1, 0.15) is 80.0 Å². The molecule has 4 aliphatic heterocycles. The first kappa shape index (κ1) is 73.7. The number of carbonyl (C=O) groups excluding carboxylic acids is 5. The first-order valence-electron chi connectivity index (χ1n) is 33.3. The van der Waals surface area contributed by atoms with E-state index in [1.54, 1.807) is 24.3 Å². The van der Waals surface area contributed by atoms with E-state index in [1.807, 2.05) is 182 Å². The van der Waals surface area contributed by atoms with Crippen LogP contribution in [0, 0.1) is 0 Å². The van der Waals surface area contributed by atoms with Crippen LogP contribution in [-0.2, 0) is 105 Å². The molecule has 2 fully saturated rings. The largest absolute Gasteiger partial charge is 0.488 e. The lowest BCUT2D eigenvalue weighted by Crippen LogP contribution is -2.62. The number of nitrogens with zero attached hydrogens (tertiary/aromatic N) is 2. The van der Waals surface area contributed by atoms with E-state index >= 15 is 0 Å². The van der Waals surface area contributed by atoms with Crippen molar-refractivity contribution in [3.05, 3.63) is 286 Å². The van der Waals surface area contributed by atoms with Gasteiger partial charge in [-0.2, -0.15) is 0 Å². The fourth-order valence-corrected chi connectivity index (χ4v) is 13.1. The van der Waals surface area contributed by atoms with E-state index in [0.29, 0.717) is 67.1 Å². The van der Waals surface area contributed by atoms with Gasteiger partial charge < -0.3 is 88.9 Å². The van der Waals surface area contributed by atoms with Crippen LogP contribution in [0.25, 0.3) is 0 Å². The van der Waals surface area contributed by atoms with Crippen molar-refractivity contribution in [1.29, 1.82) is 0 Å². The molecule has 12 atom stereocenters. The van der Waals surface area contributed by atoms with Gasteiger partial charge in [0.05, 0.1) is 25.0 Å². The highest BCUT2D eigenvalue weighted by molar-refractivity contribution is 5.93. The van der Waals surface area contributed by atoms with Gasteiger partial charge in [-0.25, -0.2) is 19.2 Å². The highest BCUT2D eigenvalue weighted by atomic mass is 16.7. The monoisotopic (exact) mass is 1410 g/mol. The Kier molecular flexibility index (Phi) is 24.3. The van der Waals surface area contributed by atoms with Crippen molar-refractivity contribution in [2.24, 2.45) is 0 Å². The van der Waals surface area contributed by atoms with E-state index in [-0.39, 0.29) is 59.0 Å². The van der Waals surface area contributed by atoms with E-state index in [4.69, 9.17) is 33.2 Å². The van der Waals surface area contributed by atoms with Gasteiger partial charge in [-0.3, -0.25) is 9.59 Å². The van der Waals surface area contributed by atoms with Gasteiger partial charge >= 0.3 is 23.9 Å². The molecule has 0 aromatic heterocycles. The smallest absolute Gasteiger partial charge is 0.338 e. The molecule has 9 N–H and O–H groups in total. The number of carboxylic acid groups (broad SMARTS) is 1.